The lowest BCUT2D eigenvalue weighted by Crippen LogP contribution is -2.18. The van der Waals surface area contributed by atoms with E-state index in [1.807, 2.05) is 11.8 Å². The van der Waals surface area contributed by atoms with E-state index in [2.05, 4.69) is 36.5 Å². The van der Waals surface area contributed by atoms with E-state index in [1.165, 1.54) is 54.7 Å². The Kier molecular flexibility index (Phi) is 11.6. The second kappa shape index (κ2) is 13.2. The van der Waals surface area contributed by atoms with Gasteiger partial charge < -0.3 is 10.1 Å². The molecule has 0 fully saturated rings. The number of unbranched alkanes of at least 4 members (excludes halogenated alkanes) is 5. The van der Waals surface area contributed by atoms with Crippen molar-refractivity contribution in [2.24, 2.45) is 0 Å². The number of benzene rings is 1. The Labute approximate surface area is 135 Å². The summed E-state index contributed by atoms with van der Waals surface area (Å²) in [6.45, 7) is 4.87. The smallest absolute Gasteiger partial charge is 0.0587 e. The van der Waals surface area contributed by atoms with Crippen molar-refractivity contribution >= 4 is 11.8 Å². The maximum Gasteiger partial charge on any atom is 0.0587 e. The summed E-state index contributed by atoms with van der Waals surface area (Å²) < 4.78 is 5.02. The Balaban J connectivity index is 2.07. The van der Waals surface area contributed by atoms with Gasteiger partial charge in [0.1, 0.15) is 0 Å². The van der Waals surface area contributed by atoms with Gasteiger partial charge in [-0.1, -0.05) is 51.2 Å². The Bertz CT molecular complexity index is 340. The molecule has 0 unspecified atom stereocenters. The zero-order valence-corrected chi connectivity index (χ0v) is 14.5. The highest BCUT2D eigenvalue weighted by molar-refractivity contribution is 7.99. The molecule has 0 heterocycles. The molecule has 0 aromatic heterocycles. The van der Waals surface area contributed by atoms with Crippen LogP contribution in [0.25, 0.3) is 0 Å². The van der Waals surface area contributed by atoms with Crippen LogP contribution in [0.4, 0.5) is 0 Å². The highest BCUT2D eigenvalue weighted by atomic mass is 32.2. The summed E-state index contributed by atoms with van der Waals surface area (Å²) in [4.78, 5) is 1.39. The Morgan fingerprint density at radius 1 is 1.00 bits per heavy atom. The first-order valence-corrected chi connectivity index (χ1v) is 9.26. The molecule has 0 aliphatic carbocycles. The van der Waals surface area contributed by atoms with E-state index in [0.29, 0.717) is 0 Å². The molecule has 120 valence electrons. The lowest BCUT2D eigenvalue weighted by Gasteiger charge is -2.06. The SMILES string of the molecule is CCCCCCCCSc1ccc(CNCCOC)cc1. The van der Waals surface area contributed by atoms with E-state index in [9.17, 15) is 0 Å². The van der Waals surface area contributed by atoms with Crippen molar-refractivity contribution in [3.05, 3.63) is 29.8 Å². The topological polar surface area (TPSA) is 21.3 Å². The molecule has 3 heteroatoms. The van der Waals surface area contributed by atoms with Crippen LogP contribution in [-0.4, -0.2) is 26.0 Å². The van der Waals surface area contributed by atoms with Crippen LogP contribution in [0.2, 0.25) is 0 Å². The average molecular weight is 310 g/mol. The van der Waals surface area contributed by atoms with Crippen molar-refractivity contribution in [2.45, 2.75) is 56.9 Å². The lowest BCUT2D eigenvalue weighted by atomic mass is 10.1. The largest absolute Gasteiger partial charge is 0.383 e. The first kappa shape index (κ1) is 18.5. The molecule has 0 atom stereocenters. The zero-order chi connectivity index (χ0) is 15.2. The molecule has 0 spiro atoms. The molecule has 21 heavy (non-hydrogen) atoms. The minimum absolute atomic E-state index is 0.770. The van der Waals surface area contributed by atoms with Gasteiger partial charge in [0.25, 0.3) is 0 Å². The second-order valence-corrected chi connectivity index (χ2v) is 6.60. The summed E-state index contributed by atoms with van der Waals surface area (Å²) in [6, 6.07) is 8.94. The summed E-state index contributed by atoms with van der Waals surface area (Å²) in [5.74, 6) is 1.25. The lowest BCUT2D eigenvalue weighted by molar-refractivity contribution is 0.199. The number of ether oxygens (including phenoxy) is 1. The standard InChI is InChI=1S/C18H31NOS/c1-3-4-5-6-7-8-15-21-18-11-9-17(10-12-18)16-19-13-14-20-2/h9-12,19H,3-8,13-16H2,1-2H3. The molecule has 0 aliphatic rings. The molecule has 2 nitrogen and oxygen atoms in total. The van der Waals surface area contributed by atoms with E-state index in [-0.39, 0.29) is 0 Å². The highest BCUT2D eigenvalue weighted by Crippen LogP contribution is 2.20. The minimum atomic E-state index is 0.770. The van der Waals surface area contributed by atoms with Gasteiger partial charge in [-0.2, -0.15) is 0 Å². The fraction of sp³-hybridized carbons (Fsp3) is 0.667. The van der Waals surface area contributed by atoms with Crippen LogP contribution in [0, 0.1) is 0 Å². The fourth-order valence-electron chi connectivity index (χ4n) is 2.18. The highest BCUT2D eigenvalue weighted by Gasteiger charge is 1.97. The molecule has 0 saturated heterocycles. The number of thioether (sulfide) groups is 1. The Morgan fingerprint density at radius 3 is 2.43 bits per heavy atom. The van der Waals surface area contributed by atoms with Gasteiger partial charge in [0.05, 0.1) is 6.61 Å². The molecule has 0 bridgehead atoms. The summed E-state index contributed by atoms with van der Waals surface area (Å²) in [6.07, 6.45) is 8.27. The molecule has 0 amide bonds. The third kappa shape index (κ3) is 9.94. The summed E-state index contributed by atoms with van der Waals surface area (Å²) in [5.41, 5.74) is 1.34. The van der Waals surface area contributed by atoms with Crippen molar-refractivity contribution < 1.29 is 4.74 Å². The predicted molar refractivity (Wildman–Crippen MR) is 94.1 cm³/mol. The van der Waals surface area contributed by atoms with Crippen molar-refractivity contribution in [1.29, 1.82) is 0 Å². The molecular weight excluding hydrogens is 278 g/mol. The van der Waals surface area contributed by atoms with Gasteiger partial charge in [0.2, 0.25) is 0 Å². The zero-order valence-electron chi connectivity index (χ0n) is 13.7. The predicted octanol–water partition coefficient (Wildman–Crippen LogP) is 4.88. The van der Waals surface area contributed by atoms with Gasteiger partial charge in [-0.3, -0.25) is 0 Å². The number of rotatable bonds is 13. The van der Waals surface area contributed by atoms with Crippen molar-refractivity contribution in [1.82, 2.24) is 5.32 Å². The van der Waals surface area contributed by atoms with Crippen LogP contribution in [0.3, 0.4) is 0 Å². The third-order valence-corrected chi connectivity index (χ3v) is 4.60. The summed E-state index contributed by atoms with van der Waals surface area (Å²) in [7, 11) is 1.73. The van der Waals surface area contributed by atoms with Gasteiger partial charge in [-0.25, -0.2) is 0 Å². The number of methoxy groups -OCH3 is 1. The summed E-state index contributed by atoms with van der Waals surface area (Å²) in [5, 5.41) is 3.37. The number of hydrogen-bond donors (Lipinski definition) is 1. The minimum Gasteiger partial charge on any atom is -0.383 e. The normalized spacial score (nSPS) is 11.0. The van der Waals surface area contributed by atoms with Gasteiger partial charge in [-0.15, -0.1) is 11.8 Å². The Hall–Kier alpha value is -0.510. The average Bonchev–Trinajstić information content (AvgIpc) is 2.52. The number of nitrogens with one attached hydrogen (secondary N) is 1. The van der Waals surface area contributed by atoms with Crippen molar-refractivity contribution in [3.63, 3.8) is 0 Å². The molecule has 1 aromatic carbocycles. The summed E-state index contributed by atoms with van der Waals surface area (Å²) >= 11 is 1.98. The first-order valence-electron chi connectivity index (χ1n) is 8.28. The molecule has 0 saturated carbocycles. The van der Waals surface area contributed by atoms with Crippen LogP contribution in [0.5, 0.6) is 0 Å². The van der Waals surface area contributed by atoms with E-state index >= 15 is 0 Å². The number of hydrogen-bond acceptors (Lipinski definition) is 3. The van der Waals surface area contributed by atoms with Gasteiger partial charge in [0.15, 0.2) is 0 Å². The molecule has 1 rings (SSSR count). The molecule has 1 N–H and O–H groups in total. The molecule has 0 aliphatic heterocycles. The van der Waals surface area contributed by atoms with E-state index in [0.717, 1.165) is 19.7 Å². The van der Waals surface area contributed by atoms with Gasteiger partial charge >= 0.3 is 0 Å². The molecular formula is C18H31NOS. The van der Waals surface area contributed by atoms with E-state index in [1.54, 1.807) is 7.11 Å². The molecule has 1 aromatic rings. The van der Waals surface area contributed by atoms with Gasteiger partial charge in [0, 0.05) is 25.1 Å². The molecule has 0 radical (unpaired) electrons. The second-order valence-electron chi connectivity index (χ2n) is 5.43. The van der Waals surface area contributed by atoms with Crippen LogP contribution in [0.15, 0.2) is 29.2 Å². The van der Waals surface area contributed by atoms with E-state index < -0.39 is 0 Å². The van der Waals surface area contributed by atoms with Crippen molar-refractivity contribution in [2.75, 3.05) is 26.0 Å². The van der Waals surface area contributed by atoms with Crippen LogP contribution < -0.4 is 5.32 Å². The van der Waals surface area contributed by atoms with Crippen LogP contribution in [0.1, 0.15) is 51.0 Å². The van der Waals surface area contributed by atoms with E-state index in [4.69, 9.17) is 4.74 Å². The van der Waals surface area contributed by atoms with Crippen molar-refractivity contribution in [3.8, 4) is 0 Å². The maximum atomic E-state index is 5.02. The first-order chi connectivity index (χ1) is 10.4. The fourth-order valence-corrected chi connectivity index (χ4v) is 3.10. The van der Waals surface area contributed by atoms with Gasteiger partial charge in [-0.05, 0) is 29.9 Å². The quantitative estimate of drug-likeness (QED) is 0.415. The van der Waals surface area contributed by atoms with Crippen LogP contribution in [-0.2, 0) is 11.3 Å². The Morgan fingerprint density at radius 2 is 1.71 bits per heavy atom. The maximum absolute atomic E-state index is 5.02. The van der Waals surface area contributed by atoms with Crippen LogP contribution >= 0.6 is 11.8 Å². The monoisotopic (exact) mass is 309 g/mol. The third-order valence-electron chi connectivity index (χ3n) is 3.50.